The largest absolute Gasteiger partial charge is 0.494 e. The molecule has 9 heteroatoms. The maximum Gasteiger partial charge on any atom is 0.257 e. The average molecular weight is 457 g/mol. The first-order valence-electron chi connectivity index (χ1n) is 10.8. The Kier molecular flexibility index (Phi) is 7.31. The molecule has 1 atom stereocenters. The molecular formula is C23H28N4O4S. The molecule has 1 aliphatic heterocycles. The van der Waals surface area contributed by atoms with E-state index < -0.39 is 0 Å². The molecule has 32 heavy (non-hydrogen) atoms. The van der Waals surface area contributed by atoms with Gasteiger partial charge in [-0.2, -0.15) is 0 Å². The second-order valence-corrected chi connectivity index (χ2v) is 8.44. The highest BCUT2D eigenvalue weighted by Gasteiger charge is 2.23. The van der Waals surface area contributed by atoms with Crippen molar-refractivity contribution in [3.8, 4) is 5.75 Å². The number of thiazole rings is 1. The molecule has 1 unspecified atom stereocenters. The van der Waals surface area contributed by atoms with E-state index in [1.54, 1.807) is 19.4 Å². The Labute approximate surface area is 191 Å². The molecule has 1 saturated heterocycles. The number of ether oxygens (including phenoxy) is 3. The van der Waals surface area contributed by atoms with Crippen molar-refractivity contribution in [1.29, 1.82) is 0 Å². The molecule has 1 aromatic carbocycles. The number of rotatable bonds is 8. The van der Waals surface area contributed by atoms with Crippen LogP contribution in [0.1, 0.15) is 41.6 Å². The summed E-state index contributed by atoms with van der Waals surface area (Å²) >= 11 is 1.41. The number of amides is 1. The molecule has 1 fully saturated rings. The SMILES string of the molecule is CCN(CC)Cc1cc(C(=O)Nc2nc3c(OC)ccc(C4COCCO4)c3s2)ccn1. The summed E-state index contributed by atoms with van der Waals surface area (Å²) in [4.78, 5) is 24.3. The summed E-state index contributed by atoms with van der Waals surface area (Å²) in [6.07, 6.45) is 1.51. The van der Waals surface area contributed by atoms with E-state index in [-0.39, 0.29) is 12.0 Å². The van der Waals surface area contributed by atoms with Gasteiger partial charge in [0, 0.05) is 23.9 Å². The lowest BCUT2D eigenvalue weighted by molar-refractivity contribution is -0.0895. The van der Waals surface area contributed by atoms with Gasteiger partial charge in [0.25, 0.3) is 5.91 Å². The van der Waals surface area contributed by atoms with Gasteiger partial charge in [0.05, 0.1) is 37.3 Å². The minimum Gasteiger partial charge on any atom is -0.494 e. The zero-order valence-corrected chi connectivity index (χ0v) is 19.4. The number of aromatic nitrogens is 2. The second-order valence-electron chi connectivity index (χ2n) is 7.44. The molecule has 8 nitrogen and oxygen atoms in total. The molecule has 2 aromatic heterocycles. The van der Waals surface area contributed by atoms with Crippen LogP contribution >= 0.6 is 11.3 Å². The minimum absolute atomic E-state index is 0.163. The number of methoxy groups -OCH3 is 1. The van der Waals surface area contributed by atoms with E-state index in [2.05, 4.69) is 34.0 Å². The van der Waals surface area contributed by atoms with Gasteiger partial charge in [-0.05, 0) is 31.3 Å². The number of carbonyl (C=O) groups is 1. The van der Waals surface area contributed by atoms with E-state index in [1.807, 2.05) is 18.2 Å². The summed E-state index contributed by atoms with van der Waals surface area (Å²) in [6, 6.07) is 7.41. The first-order valence-corrected chi connectivity index (χ1v) is 11.6. The van der Waals surface area contributed by atoms with Crippen LogP contribution in [0.25, 0.3) is 10.2 Å². The number of pyridine rings is 1. The Morgan fingerprint density at radius 1 is 1.28 bits per heavy atom. The molecule has 3 aromatic rings. The van der Waals surface area contributed by atoms with Gasteiger partial charge in [0.1, 0.15) is 17.4 Å². The van der Waals surface area contributed by atoms with Gasteiger partial charge in [-0.3, -0.25) is 20.0 Å². The van der Waals surface area contributed by atoms with Gasteiger partial charge in [0.15, 0.2) is 5.13 Å². The third kappa shape index (κ3) is 4.91. The molecule has 0 radical (unpaired) electrons. The summed E-state index contributed by atoms with van der Waals surface area (Å²) < 4.78 is 17.9. The lowest BCUT2D eigenvalue weighted by Crippen LogP contribution is -2.23. The summed E-state index contributed by atoms with van der Waals surface area (Å²) in [6.45, 7) is 8.44. The van der Waals surface area contributed by atoms with Crippen LogP contribution in [-0.2, 0) is 16.0 Å². The number of carbonyl (C=O) groups excluding carboxylic acids is 1. The van der Waals surface area contributed by atoms with E-state index in [4.69, 9.17) is 14.2 Å². The summed E-state index contributed by atoms with van der Waals surface area (Å²) in [5.74, 6) is 0.438. The van der Waals surface area contributed by atoms with E-state index in [0.29, 0.717) is 48.3 Å². The van der Waals surface area contributed by atoms with E-state index in [1.165, 1.54) is 11.3 Å². The predicted molar refractivity (Wildman–Crippen MR) is 124 cm³/mol. The van der Waals surface area contributed by atoms with E-state index in [9.17, 15) is 4.79 Å². The predicted octanol–water partition coefficient (Wildman–Crippen LogP) is 3.88. The van der Waals surface area contributed by atoms with Crippen LogP contribution in [0.5, 0.6) is 5.75 Å². The third-order valence-electron chi connectivity index (χ3n) is 5.50. The monoisotopic (exact) mass is 456 g/mol. The van der Waals surface area contributed by atoms with Crippen molar-refractivity contribution >= 4 is 32.6 Å². The highest BCUT2D eigenvalue weighted by atomic mass is 32.1. The maximum absolute atomic E-state index is 12.9. The van der Waals surface area contributed by atoms with Crippen LogP contribution in [0.3, 0.4) is 0 Å². The Hall–Kier alpha value is -2.59. The fraction of sp³-hybridized carbons (Fsp3) is 0.435. The zero-order valence-electron chi connectivity index (χ0n) is 18.6. The van der Waals surface area contributed by atoms with Crippen molar-refractivity contribution < 1.29 is 19.0 Å². The smallest absolute Gasteiger partial charge is 0.257 e. The Morgan fingerprint density at radius 2 is 2.12 bits per heavy atom. The molecular weight excluding hydrogens is 428 g/mol. The van der Waals surface area contributed by atoms with Gasteiger partial charge in [-0.15, -0.1) is 0 Å². The Bertz CT molecular complexity index is 1080. The van der Waals surface area contributed by atoms with Crippen LogP contribution in [-0.4, -0.2) is 60.8 Å². The Balaban J connectivity index is 1.58. The number of hydrogen-bond donors (Lipinski definition) is 1. The van der Waals surface area contributed by atoms with Crippen LogP contribution in [0.15, 0.2) is 30.5 Å². The van der Waals surface area contributed by atoms with Crippen molar-refractivity contribution in [2.24, 2.45) is 0 Å². The van der Waals surface area contributed by atoms with Gasteiger partial charge in [-0.1, -0.05) is 31.3 Å². The zero-order chi connectivity index (χ0) is 22.5. The van der Waals surface area contributed by atoms with E-state index in [0.717, 1.165) is 29.0 Å². The second kappa shape index (κ2) is 10.4. The fourth-order valence-corrected chi connectivity index (χ4v) is 4.73. The molecule has 4 rings (SSSR count). The average Bonchev–Trinajstić information content (AvgIpc) is 3.26. The standard InChI is InChI=1S/C23H28N4O4S/c1-4-27(5-2)13-16-12-15(8-9-24-16)22(28)26-23-25-20-18(29-3)7-6-17(21(20)32-23)19-14-30-10-11-31-19/h6-9,12,19H,4-5,10-11,13-14H2,1-3H3,(H,25,26,28). The number of hydrogen-bond acceptors (Lipinski definition) is 8. The number of nitrogens with zero attached hydrogens (tertiary/aromatic N) is 3. The van der Waals surface area contributed by atoms with Crippen molar-refractivity contribution in [2.75, 3.05) is 45.3 Å². The summed E-state index contributed by atoms with van der Waals surface area (Å²) in [5.41, 5.74) is 3.11. The van der Waals surface area contributed by atoms with Gasteiger partial charge in [-0.25, -0.2) is 4.98 Å². The molecule has 0 bridgehead atoms. The molecule has 3 heterocycles. The van der Waals surface area contributed by atoms with Crippen molar-refractivity contribution in [3.05, 3.63) is 47.3 Å². The molecule has 0 saturated carbocycles. The van der Waals surface area contributed by atoms with E-state index >= 15 is 0 Å². The lowest BCUT2D eigenvalue weighted by Gasteiger charge is -2.23. The van der Waals surface area contributed by atoms with Crippen LogP contribution in [0.2, 0.25) is 0 Å². The summed E-state index contributed by atoms with van der Waals surface area (Å²) in [5, 5.41) is 3.45. The first kappa shape index (κ1) is 22.6. The lowest BCUT2D eigenvalue weighted by atomic mass is 10.1. The molecule has 1 aliphatic rings. The van der Waals surface area contributed by atoms with Crippen LogP contribution in [0, 0.1) is 0 Å². The molecule has 1 amide bonds. The topological polar surface area (TPSA) is 85.8 Å². The molecule has 1 N–H and O–H groups in total. The quantitative estimate of drug-likeness (QED) is 0.550. The van der Waals surface area contributed by atoms with Gasteiger partial charge in [0.2, 0.25) is 0 Å². The third-order valence-corrected chi connectivity index (χ3v) is 6.52. The molecule has 0 spiro atoms. The highest BCUT2D eigenvalue weighted by Crippen LogP contribution is 2.39. The van der Waals surface area contributed by atoms with Gasteiger partial charge < -0.3 is 14.2 Å². The fourth-order valence-electron chi connectivity index (χ4n) is 3.69. The van der Waals surface area contributed by atoms with Crippen LogP contribution < -0.4 is 10.1 Å². The van der Waals surface area contributed by atoms with Crippen molar-refractivity contribution in [3.63, 3.8) is 0 Å². The number of fused-ring (bicyclic) bond motifs is 1. The number of anilines is 1. The van der Waals surface area contributed by atoms with Crippen LogP contribution in [0.4, 0.5) is 5.13 Å². The molecule has 170 valence electrons. The first-order chi connectivity index (χ1) is 15.6. The Morgan fingerprint density at radius 3 is 2.84 bits per heavy atom. The normalized spacial score (nSPS) is 16.4. The minimum atomic E-state index is -0.218. The maximum atomic E-state index is 12.9. The molecule has 0 aliphatic carbocycles. The highest BCUT2D eigenvalue weighted by molar-refractivity contribution is 7.22. The van der Waals surface area contributed by atoms with Crippen molar-refractivity contribution in [1.82, 2.24) is 14.9 Å². The number of nitrogens with one attached hydrogen (secondary N) is 1. The number of benzene rings is 1. The van der Waals surface area contributed by atoms with Crippen molar-refractivity contribution in [2.45, 2.75) is 26.5 Å². The van der Waals surface area contributed by atoms with Gasteiger partial charge >= 0.3 is 0 Å². The summed E-state index contributed by atoms with van der Waals surface area (Å²) in [7, 11) is 1.61.